The molecule has 1 aliphatic rings. The summed E-state index contributed by atoms with van der Waals surface area (Å²) in [4.78, 5) is 24.9. The summed E-state index contributed by atoms with van der Waals surface area (Å²) in [6.07, 6.45) is 0.0794. The molecule has 0 aromatic heterocycles. The van der Waals surface area contributed by atoms with E-state index in [1.165, 1.54) is 12.1 Å². The molecule has 1 heterocycles. The zero-order valence-corrected chi connectivity index (χ0v) is 15.2. The van der Waals surface area contributed by atoms with E-state index in [0.29, 0.717) is 17.5 Å². The zero-order chi connectivity index (χ0) is 19.7. The van der Waals surface area contributed by atoms with Crippen molar-refractivity contribution in [3.8, 4) is 0 Å². The minimum atomic E-state index is -0.503. The first-order chi connectivity index (χ1) is 13.5. The number of carbonyl (C=O) groups is 2. The van der Waals surface area contributed by atoms with Crippen molar-refractivity contribution in [3.05, 3.63) is 100 Å². The number of hydrogen-bond donors (Lipinski definition) is 1. The van der Waals surface area contributed by atoms with E-state index >= 15 is 0 Å². The van der Waals surface area contributed by atoms with Crippen LogP contribution in [0.15, 0.2) is 66.7 Å². The minimum Gasteiger partial charge on any atom is -0.454 e. The Bertz CT molecular complexity index is 1060. The van der Waals surface area contributed by atoms with Crippen LogP contribution in [0.5, 0.6) is 0 Å². The molecule has 1 amide bonds. The molecule has 4 nitrogen and oxygen atoms in total. The predicted octanol–water partition coefficient (Wildman–Crippen LogP) is 4.84. The fourth-order valence-electron chi connectivity index (χ4n) is 3.26. The first-order valence-electron chi connectivity index (χ1n) is 8.97. The maximum absolute atomic E-state index is 13.8. The van der Waals surface area contributed by atoms with E-state index in [9.17, 15) is 14.0 Å². The van der Waals surface area contributed by atoms with E-state index in [1.807, 2.05) is 31.2 Å². The van der Waals surface area contributed by atoms with Crippen LogP contribution in [-0.2, 0) is 11.2 Å². The van der Waals surface area contributed by atoms with Gasteiger partial charge in [0.05, 0.1) is 11.3 Å². The number of aryl methyl sites for hydroxylation is 1. The lowest BCUT2D eigenvalue weighted by Crippen LogP contribution is -2.23. The molecule has 0 fully saturated rings. The number of nitrogens with one attached hydrogen (secondary N) is 1. The number of rotatable bonds is 3. The zero-order valence-electron chi connectivity index (χ0n) is 15.2. The number of halogens is 1. The van der Waals surface area contributed by atoms with Crippen molar-refractivity contribution >= 4 is 17.6 Å². The molecule has 1 N–H and O–H groups in total. The molecular formula is C23H18FNO3. The third kappa shape index (κ3) is 3.51. The summed E-state index contributed by atoms with van der Waals surface area (Å²) in [5, 5.41) is 2.56. The van der Waals surface area contributed by atoms with Gasteiger partial charge in [0, 0.05) is 12.0 Å². The Morgan fingerprint density at radius 2 is 1.82 bits per heavy atom. The largest absolute Gasteiger partial charge is 0.454 e. The van der Waals surface area contributed by atoms with E-state index in [4.69, 9.17) is 4.74 Å². The molecule has 0 saturated carbocycles. The summed E-state index contributed by atoms with van der Waals surface area (Å²) in [7, 11) is 0. The molecule has 140 valence electrons. The Balaban J connectivity index is 1.60. The molecule has 1 unspecified atom stereocenters. The van der Waals surface area contributed by atoms with Crippen molar-refractivity contribution < 1.29 is 18.7 Å². The normalized spacial score (nSPS) is 15.5. The number of hydrogen-bond acceptors (Lipinski definition) is 3. The summed E-state index contributed by atoms with van der Waals surface area (Å²) in [5.74, 6) is -1.34. The quantitative estimate of drug-likeness (QED) is 0.667. The Labute approximate surface area is 162 Å². The summed E-state index contributed by atoms with van der Waals surface area (Å²) < 4.78 is 19.3. The van der Waals surface area contributed by atoms with E-state index in [2.05, 4.69) is 5.32 Å². The predicted molar refractivity (Wildman–Crippen MR) is 104 cm³/mol. The number of para-hydroxylation sites is 1. The maximum atomic E-state index is 13.8. The third-order valence-electron chi connectivity index (χ3n) is 4.81. The van der Waals surface area contributed by atoms with Gasteiger partial charge in [0.1, 0.15) is 11.9 Å². The van der Waals surface area contributed by atoms with Crippen LogP contribution in [0, 0.1) is 12.7 Å². The molecule has 0 aliphatic carbocycles. The second kappa shape index (κ2) is 7.27. The Morgan fingerprint density at radius 1 is 1.07 bits per heavy atom. The highest BCUT2D eigenvalue weighted by Gasteiger charge is 2.28. The number of benzene rings is 3. The molecule has 0 spiro atoms. The Hall–Kier alpha value is -3.47. The van der Waals surface area contributed by atoms with Crippen LogP contribution in [0.4, 0.5) is 10.1 Å². The molecule has 3 aromatic carbocycles. The van der Waals surface area contributed by atoms with E-state index in [1.54, 1.807) is 30.3 Å². The van der Waals surface area contributed by atoms with Crippen LogP contribution < -0.4 is 5.32 Å². The number of esters is 1. The van der Waals surface area contributed by atoms with Crippen LogP contribution in [0.3, 0.4) is 0 Å². The SMILES string of the molecule is Cc1ccc(C2Cc3cc(C(=O)Nc4ccccc4F)ccc3C(=O)O2)cc1. The van der Waals surface area contributed by atoms with Crippen LogP contribution in [-0.4, -0.2) is 11.9 Å². The lowest BCUT2D eigenvalue weighted by Gasteiger charge is -2.25. The molecule has 0 bridgehead atoms. The highest BCUT2D eigenvalue weighted by atomic mass is 19.1. The summed E-state index contributed by atoms with van der Waals surface area (Å²) >= 11 is 0. The fourth-order valence-corrected chi connectivity index (χ4v) is 3.26. The van der Waals surface area contributed by atoms with Gasteiger partial charge in [-0.05, 0) is 48.4 Å². The summed E-state index contributed by atoms with van der Waals surface area (Å²) in [6, 6.07) is 18.6. The van der Waals surface area contributed by atoms with Crippen molar-refractivity contribution in [3.63, 3.8) is 0 Å². The number of ether oxygens (including phenoxy) is 1. The van der Waals surface area contributed by atoms with E-state index < -0.39 is 23.8 Å². The van der Waals surface area contributed by atoms with Crippen molar-refractivity contribution in [2.45, 2.75) is 19.4 Å². The lowest BCUT2D eigenvalue weighted by molar-refractivity contribution is 0.0252. The summed E-state index contributed by atoms with van der Waals surface area (Å²) in [6.45, 7) is 1.99. The molecule has 1 aliphatic heterocycles. The molecule has 1 atom stereocenters. The first kappa shape index (κ1) is 17.9. The van der Waals surface area contributed by atoms with Gasteiger partial charge >= 0.3 is 5.97 Å². The van der Waals surface area contributed by atoms with Gasteiger partial charge in [-0.3, -0.25) is 4.79 Å². The van der Waals surface area contributed by atoms with Gasteiger partial charge in [-0.25, -0.2) is 9.18 Å². The van der Waals surface area contributed by atoms with Crippen molar-refractivity contribution in [1.29, 1.82) is 0 Å². The summed E-state index contributed by atoms with van der Waals surface area (Å²) in [5.41, 5.74) is 3.69. The lowest BCUT2D eigenvalue weighted by atomic mass is 9.92. The molecule has 4 rings (SSSR count). The molecule has 28 heavy (non-hydrogen) atoms. The number of carbonyl (C=O) groups excluding carboxylic acids is 2. The molecular weight excluding hydrogens is 357 g/mol. The van der Waals surface area contributed by atoms with Crippen LogP contribution >= 0.6 is 0 Å². The number of amides is 1. The minimum absolute atomic E-state index is 0.113. The van der Waals surface area contributed by atoms with Crippen LogP contribution in [0.25, 0.3) is 0 Å². The monoisotopic (exact) mass is 375 g/mol. The standard InChI is InChI=1S/C23H18FNO3/c1-14-6-8-15(9-7-14)21-13-17-12-16(10-11-18(17)23(27)28-21)22(26)25-20-5-3-2-4-19(20)24/h2-12,21H,13H2,1H3,(H,25,26). The molecule has 0 radical (unpaired) electrons. The van der Waals surface area contributed by atoms with Crippen LogP contribution in [0.1, 0.15) is 43.5 Å². The van der Waals surface area contributed by atoms with Gasteiger partial charge in [0.2, 0.25) is 0 Å². The van der Waals surface area contributed by atoms with Gasteiger partial charge in [0.25, 0.3) is 5.91 Å². The van der Waals surface area contributed by atoms with Gasteiger partial charge in [-0.15, -0.1) is 0 Å². The number of anilines is 1. The van der Waals surface area contributed by atoms with Crippen molar-refractivity contribution in [2.75, 3.05) is 5.32 Å². The third-order valence-corrected chi connectivity index (χ3v) is 4.81. The van der Waals surface area contributed by atoms with Crippen molar-refractivity contribution in [1.82, 2.24) is 0 Å². The smallest absolute Gasteiger partial charge is 0.339 e. The Morgan fingerprint density at radius 3 is 2.57 bits per heavy atom. The molecule has 3 aromatic rings. The van der Waals surface area contributed by atoms with E-state index in [0.717, 1.165) is 16.7 Å². The van der Waals surface area contributed by atoms with E-state index in [-0.39, 0.29) is 5.69 Å². The first-order valence-corrected chi connectivity index (χ1v) is 8.97. The second-order valence-corrected chi connectivity index (χ2v) is 6.81. The van der Waals surface area contributed by atoms with Gasteiger partial charge < -0.3 is 10.1 Å². The Kier molecular flexibility index (Phi) is 4.65. The van der Waals surface area contributed by atoms with Crippen LogP contribution in [0.2, 0.25) is 0 Å². The molecule has 5 heteroatoms. The number of cyclic esters (lactones) is 1. The highest BCUT2D eigenvalue weighted by molar-refractivity contribution is 6.05. The highest BCUT2D eigenvalue weighted by Crippen LogP contribution is 2.31. The molecule has 0 saturated heterocycles. The topological polar surface area (TPSA) is 55.4 Å². The van der Waals surface area contributed by atoms with Gasteiger partial charge in [-0.2, -0.15) is 0 Å². The maximum Gasteiger partial charge on any atom is 0.339 e. The number of fused-ring (bicyclic) bond motifs is 1. The van der Waals surface area contributed by atoms with Crippen molar-refractivity contribution in [2.24, 2.45) is 0 Å². The second-order valence-electron chi connectivity index (χ2n) is 6.81. The van der Waals surface area contributed by atoms with Gasteiger partial charge in [-0.1, -0.05) is 42.0 Å². The average Bonchev–Trinajstić information content (AvgIpc) is 2.69. The van der Waals surface area contributed by atoms with Gasteiger partial charge in [0.15, 0.2) is 0 Å². The fraction of sp³-hybridized carbons (Fsp3) is 0.130. The average molecular weight is 375 g/mol.